The van der Waals surface area contributed by atoms with Crippen LogP contribution in [-0.4, -0.2) is 20.8 Å². The van der Waals surface area contributed by atoms with Crippen molar-refractivity contribution in [3.8, 4) is 11.5 Å². The van der Waals surface area contributed by atoms with Crippen molar-refractivity contribution in [3.05, 3.63) is 22.7 Å². The minimum Gasteiger partial charge on any atom is -0.493 e. The first kappa shape index (κ1) is 16.4. The molecule has 1 aliphatic rings. The fourth-order valence-electron chi connectivity index (χ4n) is 3.31. The summed E-state index contributed by atoms with van der Waals surface area (Å²) in [7, 11) is 3.24. The van der Waals surface area contributed by atoms with Crippen molar-refractivity contribution in [2.75, 3.05) is 20.8 Å². The number of ether oxygens (including phenoxy) is 2. The maximum Gasteiger partial charge on any atom is 0.179 e. The summed E-state index contributed by atoms with van der Waals surface area (Å²) in [6, 6.07) is 3.91. The number of hydrogen-bond donors (Lipinski definition) is 1. The van der Waals surface area contributed by atoms with Crippen LogP contribution in [0.3, 0.4) is 0 Å². The molecular formula is C17H26ClNO2. The Balaban J connectivity index is 2.00. The van der Waals surface area contributed by atoms with Crippen LogP contribution < -0.4 is 14.8 Å². The second-order valence-electron chi connectivity index (χ2n) is 5.94. The van der Waals surface area contributed by atoms with E-state index in [-0.39, 0.29) is 0 Å². The van der Waals surface area contributed by atoms with Gasteiger partial charge in [-0.25, -0.2) is 0 Å². The van der Waals surface area contributed by atoms with Crippen molar-refractivity contribution in [2.45, 2.75) is 45.6 Å². The Labute approximate surface area is 133 Å². The second kappa shape index (κ2) is 7.37. The summed E-state index contributed by atoms with van der Waals surface area (Å²) in [5, 5.41) is 4.22. The number of hydrogen-bond acceptors (Lipinski definition) is 3. The first-order chi connectivity index (χ1) is 10.2. The summed E-state index contributed by atoms with van der Waals surface area (Å²) in [5.41, 5.74) is 1.54. The number of methoxy groups -OCH3 is 2. The standard InChI is InChI=1S/C17H26ClNO2/c1-4-17(9-5-6-10-17)12-19-11-13-7-8-14(20-2)16(21-3)15(13)18/h7-8,19H,4-6,9-12H2,1-3H3. The van der Waals surface area contributed by atoms with Crippen molar-refractivity contribution in [1.29, 1.82) is 0 Å². The van der Waals surface area contributed by atoms with Crippen molar-refractivity contribution >= 4 is 11.6 Å². The molecule has 1 aromatic carbocycles. The molecular weight excluding hydrogens is 286 g/mol. The van der Waals surface area contributed by atoms with Gasteiger partial charge in [0, 0.05) is 13.1 Å². The molecule has 0 radical (unpaired) electrons. The Morgan fingerprint density at radius 2 is 1.90 bits per heavy atom. The minimum atomic E-state index is 0.489. The molecule has 0 unspecified atom stereocenters. The van der Waals surface area contributed by atoms with Gasteiger partial charge < -0.3 is 14.8 Å². The summed E-state index contributed by atoms with van der Waals surface area (Å²) in [5.74, 6) is 1.29. The second-order valence-corrected chi connectivity index (χ2v) is 6.32. The van der Waals surface area contributed by atoms with Gasteiger partial charge in [0.15, 0.2) is 11.5 Å². The molecule has 0 saturated heterocycles. The van der Waals surface area contributed by atoms with E-state index in [4.69, 9.17) is 21.1 Å². The van der Waals surface area contributed by atoms with E-state index < -0.39 is 0 Å². The first-order valence-corrected chi connectivity index (χ1v) is 8.13. The zero-order valence-electron chi connectivity index (χ0n) is 13.3. The third-order valence-electron chi connectivity index (χ3n) is 4.79. The maximum atomic E-state index is 6.41. The average Bonchev–Trinajstić information content (AvgIpc) is 2.98. The molecule has 0 atom stereocenters. The molecule has 118 valence electrons. The molecule has 4 heteroatoms. The lowest BCUT2D eigenvalue weighted by Gasteiger charge is -2.28. The number of halogens is 1. The van der Waals surface area contributed by atoms with Crippen LogP contribution in [0.4, 0.5) is 0 Å². The van der Waals surface area contributed by atoms with Crippen LogP contribution in [0.15, 0.2) is 12.1 Å². The van der Waals surface area contributed by atoms with Gasteiger partial charge >= 0.3 is 0 Å². The van der Waals surface area contributed by atoms with Gasteiger partial charge in [0.2, 0.25) is 0 Å². The van der Waals surface area contributed by atoms with Crippen LogP contribution in [-0.2, 0) is 6.54 Å². The molecule has 0 bridgehead atoms. The van der Waals surface area contributed by atoms with Gasteiger partial charge in [-0.05, 0) is 36.3 Å². The number of benzene rings is 1. The van der Waals surface area contributed by atoms with E-state index in [9.17, 15) is 0 Å². The zero-order valence-corrected chi connectivity index (χ0v) is 14.1. The zero-order chi connectivity index (χ0) is 15.3. The van der Waals surface area contributed by atoms with Gasteiger partial charge in [-0.1, -0.05) is 37.4 Å². The van der Waals surface area contributed by atoms with Crippen LogP contribution in [0.25, 0.3) is 0 Å². The summed E-state index contributed by atoms with van der Waals surface area (Å²) >= 11 is 6.41. The molecule has 0 amide bonds. The Morgan fingerprint density at radius 1 is 1.19 bits per heavy atom. The number of rotatable bonds is 7. The number of nitrogens with one attached hydrogen (secondary N) is 1. The predicted octanol–water partition coefficient (Wildman–Crippen LogP) is 4.42. The van der Waals surface area contributed by atoms with E-state index in [2.05, 4.69) is 12.2 Å². The lowest BCUT2D eigenvalue weighted by atomic mass is 9.83. The molecule has 1 saturated carbocycles. The lowest BCUT2D eigenvalue weighted by molar-refractivity contribution is 0.268. The monoisotopic (exact) mass is 311 g/mol. The maximum absolute atomic E-state index is 6.41. The molecule has 0 aliphatic heterocycles. The van der Waals surface area contributed by atoms with E-state index in [0.717, 1.165) is 18.7 Å². The highest BCUT2D eigenvalue weighted by molar-refractivity contribution is 6.33. The highest BCUT2D eigenvalue weighted by Crippen LogP contribution is 2.41. The van der Waals surface area contributed by atoms with Crippen LogP contribution in [0, 0.1) is 5.41 Å². The van der Waals surface area contributed by atoms with Crippen LogP contribution in [0.2, 0.25) is 5.02 Å². The molecule has 21 heavy (non-hydrogen) atoms. The smallest absolute Gasteiger partial charge is 0.179 e. The fourth-order valence-corrected chi connectivity index (χ4v) is 3.61. The van der Waals surface area contributed by atoms with Gasteiger partial charge in [0.25, 0.3) is 0 Å². The topological polar surface area (TPSA) is 30.5 Å². The molecule has 0 heterocycles. The summed E-state index contributed by atoms with van der Waals surface area (Å²) < 4.78 is 10.6. The van der Waals surface area contributed by atoms with Crippen LogP contribution in [0.5, 0.6) is 11.5 Å². The molecule has 1 aliphatic carbocycles. The molecule has 0 aromatic heterocycles. The van der Waals surface area contributed by atoms with E-state index in [1.807, 2.05) is 12.1 Å². The quantitative estimate of drug-likeness (QED) is 0.808. The lowest BCUT2D eigenvalue weighted by Crippen LogP contribution is -2.31. The van der Waals surface area contributed by atoms with Crippen LogP contribution >= 0.6 is 11.6 Å². The van der Waals surface area contributed by atoms with Crippen molar-refractivity contribution < 1.29 is 9.47 Å². The molecule has 1 aromatic rings. The molecule has 1 N–H and O–H groups in total. The van der Waals surface area contributed by atoms with Crippen molar-refractivity contribution in [3.63, 3.8) is 0 Å². The highest BCUT2D eigenvalue weighted by atomic mass is 35.5. The third kappa shape index (κ3) is 3.64. The predicted molar refractivity (Wildman–Crippen MR) is 87.5 cm³/mol. The van der Waals surface area contributed by atoms with Gasteiger partial charge in [0.05, 0.1) is 19.2 Å². The SMILES string of the molecule is CCC1(CNCc2ccc(OC)c(OC)c2Cl)CCCC1. The van der Waals surface area contributed by atoms with Crippen molar-refractivity contribution in [1.82, 2.24) is 5.32 Å². The third-order valence-corrected chi connectivity index (χ3v) is 5.21. The molecule has 1 fully saturated rings. The molecule has 3 nitrogen and oxygen atoms in total. The first-order valence-electron chi connectivity index (χ1n) is 7.76. The summed E-state index contributed by atoms with van der Waals surface area (Å²) in [6.07, 6.45) is 6.67. The van der Waals surface area contributed by atoms with E-state index in [1.54, 1.807) is 14.2 Å². The van der Waals surface area contributed by atoms with Gasteiger partial charge in [-0.15, -0.1) is 0 Å². The Hall–Kier alpha value is -0.930. The summed E-state index contributed by atoms with van der Waals surface area (Å²) in [4.78, 5) is 0. The van der Waals surface area contributed by atoms with E-state index in [1.165, 1.54) is 32.1 Å². The summed E-state index contributed by atoms with van der Waals surface area (Å²) in [6.45, 7) is 4.13. The van der Waals surface area contributed by atoms with Gasteiger partial charge in [-0.2, -0.15) is 0 Å². The fraction of sp³-hybridized carbons (Fsp3) is 0.647. The van der Waals surface area contributed by atoms with E-state index in [0.29, 0.717) is 21.9 Å². The Bertz CT molecular complexity index is 470. The van der Waals surface area contributed by atoms with Crippen LogP contribution in [0.1, 0.15) is 44.6 Å². The van der Waals surface area contributed by atoms with Gasteiger partial charge in [0.1, 0.15) is 0 Å². The average molecular weight is 312 g/mol. The normalized spacial score (nSPS) is 17.0. The van der Waals surface area contributed by atoms with Crippen molar-refractivity contribution in [2.24, 2.45) is 5.41 Å². The molecule has 2 rings (SSSR count). The minimum absolute atomic E-state index is 0.489. The van der Waals surface area contributed by atoms with E-state index >= 15 is 0 Å². The largest absolute Gasteiger partial charge is 0.493 e. The molecule has 0 spiro atoms. The Kier molecular flexibility index (Phi) is 5.77. The van der Waals surface area contributed by atoms with Gasteiger partial charge in [-0.3, -0.25) is 0 Å². The Morgan fingerprint density at radius 3 is 2.48 bits per heavy atom. The highest BCUT2D eigenvalue weighted by Gasteiger charge is 2.31.